The fraction of sp³-hybridized carbons (Fsp3) is 0.667. The fourth-order valence-corrected chi connectivity index (χ4v) is 8.40. The van der Waals surface area contributed by atoms with Crippen LogP contribution < -0.4 is 0 Å². The van der Waals surface area contributed by atoms with Crippen molar-refractivity contribution in [2.75, 3.05) is 0 Å². The molecule has 0 atom stereocenters. The Hall–Kier alpha value is -2.43. The summed E-state index contributed by atoms with van der Waals surface area (Å²) in [5.74, 6) is 7.18. The van der Waals surface area contributed by atoms with Gasteiger partial charge in [0.25, 0.3) is 0 Å². The molecule has 322 valence electrons. The van der Waals surface area contributed by atoms with E-state index >= 15 is 0 Å². The summed E-state index contributed by atoms with van der Waals surface area (Å²) in [5.41, 5.74) is 20.5. The third-order valence-electron chi connectivity index (χ3n) is 11.4. The van der Waals surface area contributed by atoms with Crippen LogP contribution in [0.2, 0.25) is 10.8 Å². The molecule has 0 saturated carbocycles. The molecule has 1 aliphatic heterocycles. The van der Waals surface area contributed by atoms with Crippen molar-refractivity contribution in [1.29, 1.82) is 0 Å². The van der Waals surface area contributed by atoms with Crippen LogP contribution in [0.15, 0.2) is 59.7 Å². The van der Waals surface area contributed by atoms with Crippen LogP contribution in [0.25, 0.3) is 16.9 Å². The molecule has 57 heavy (non-hydrogen) atoms. The Morgan fingerprint density at radius 2 is 0.895 bits per heavy atom. The Morgan fingerprint density at radius 1 is 0.491 bits per heavy atom. The van der Waals surface area contributed by atoms with Crippen molar-refractivity contribution in [1.82, 2.24) is 0 Å². The molecule has 0 fully saturated rings. The molecular weight excluding hydrogens is 735 g/mol. The Labute approximate surface area is 360 Å². The topological polar surface area (TPSA) is 25.3 Å². The van der Waals surface area contributed by atoms with Crippen molar-refractivity contribution in [2.24, 2.45) is 0 Å². The molecular formula is C54H86N2Ni. The Morgan fingerprint density at radius 3 is 1.28 bits per heavy atom. The Balaban J connectivity index is 0.00000210. The number of hydrogen-bond donors (Lipinski definition) is 0. The van der Waals surface area contributed by atoms with Gasteiger partial charge in [-0.25, -0.2) is 4.70 Å². The summed E-state index contributed by atoms with van der Waals surface area (Å²) in [5, 5.41) is 2.56. The molecule has 0 aliphatic carbocycles. The quantitative estimate of drug-likeness (QED) is 0.0313. The summed E-state index contributed by atoms with van der Waals surface area (Å²) < 4.78 is 1.46. The summed E-state index contributed by atoms with van der Waals surface area (Å²) >= 11 is 1.82. The second kappa shape index (κ2) is 34.4. The summed E-state index contributed by atoms with van der Waals surface area (Å²) in [6, 6.07) is 17.3. The first-order valence-electron chi connectivity index (χ1n) is 24.1. The predicted octanol–water partition coefficient (Wildman–Crippen LogP) is 18.1. The van der Waals surface area contributed by atoms with E-state index in [4.69, 9.17) is 0 Å². The molecule has 2 aromatic carbocycles. The van der Waals surface area contributed by atoms with Crippen LogP contribution in [0.5, 0.6) is 0 Å². The van der Waals surface area contributed by atoms with Gasteiger partial charge in [0.1, 0.15) is 5.57 Å². The molecule has 2 aromatic rings. The number of allylic oxidation sites excluding steroid dienone is 2. The van der Waals surface area contributed by atoms with Crippen LogP contribution in [0.4, 0.5) is 0 Å². The van der Waals surface area contributed by atoms with Crippen molar-refractivity contribution in [3.05, 3.63) is 87.5 Å². The van der Waals surface area contributed by atoms with Gasteiger partial charge in [0.2, 0.25) is 11.4 Å². The van der Waals surface area contributed by atoms with Gasteiger partial charge >= 0.3 is 39.1 Å². The van der Waals surface area contributed by atoms with Crippen LogP contribution in [0, 0.1) is 11.8 Å². The number of benzene rings is 2. The number of nitrogens with zero attached hydrogens (tertiary/aromatic N) is 2. The van der Waals surface area contributed by atoms with Gasteiger partial charge in [-0.1, -0.05) is 205 Å². The minimum atomic E-state index is 0.847. The van der Waals surface area contributed by atoms with E-state index in [-0.39, 0.29) is 0 Å². The second-order valence-electron chi connectivity index (χ2n) is 16.2. The molecule has 0 radical (unpaired) electrons. The fourth-order valence-electron chi connectivity index (χ4n) is 7.91. The van der Waals surface area contributed by atoms with Crippen molar-refractivity contribution in [2.45, 2.75) is 232 Å². The molecule has 1 aliphatic rings. The minimum absolute atomic E-state index is 0.847. The number of aryl methyl sites for hydroxylation is 2. The molecule has 0 amide bonds. The van der Waals surface area contributed by atoms with E-state index < -0.39 is 0 Å². The third kappa shape index (κ3) is 21.4. The Kier molecular flexibility index (Phi) is 30.6. The summed E-state index contributed by atoms with van der Waals surface area (Å²) in [4.78, 5) is 0. The standard InChI is InChI=1S/C50H76N2.2C2H5.Ni/c1-5-9-11-12-13-14-15-16-17-18-19-20-21-22-23-24-25-26-27-28-29-30-31-32-40-48-47(39-10-6-2)49(45-37-33-35-43(7-3)41-45)52(51)50(48)46-38-34-36-44(8-4)42-46;2*1-2;/h33-38,41-42H,5-31,39H2,1-4H3;2*1H2,2H3;. The normalized spacial score (nSPS) is 12.6. The van der Waals surface area contributed by atoms with Crippen molar-refractivity contribution < 1.29 is 19.1 Å². The monoisotopic (exact) mass is 821 g/mol. The molecule has 1 heterocycles. The average molecular weight is 822 g/mol. The van der Waals surface area contributed by atoms with Crippen LogP contribution in [0.3, 0.4) is 0 Å². The summed E-state index contributed by atoms with van der Waals surface area (Å²) in [6.07, 6.45) is 37.0. The summed E-state index contributed by atoms with van der Waals surface area (Å²) in [6.45, 7) is 13.3. The van der Waals surface area contributed by atoms with Gasteiger partial charge in [-0.2, -0.15) is 0 Å². The Bertz CT molecular complexity index is 1470. The van der Waals surface area contributed by atoms with Crippen LogP contribution >= 0.6 is 0 Å². The first-order valence-corrected chi connectivity index (χ1v) is 25.5. The van der Waals surface area contributed by atoms with Gasteiger partial charge in [-0.15, -0.1) is 0 Å². The van der Waals surface area contributed by atoms with E-state index in [1.165, 1.54) is 167 Å². The molecule has 2 nitrogen and oxygen atoms in total. The molecule has 3 rings (SSSR count). The van der Waals surface area contributed by atoms with E-state index in [0.717, 1.165) is 73.0 Å². The van der Waals surface area contributed by atoms with E-state index in [9.17, 15) is 5.53 Å². The first-order chi connectivity index (χ1) is 28.1. The predicted molar refractivity (Wildman–Crippen MR) is 249 cm³/mol. The van der Waals surface area contributed by atoms with Crippen molar-refractivity contribution in [3.63, 3.8) is 0 Å². The molecule has 0 unspecified atom stereocenters. The van der Waals surface area contributed by atoms with E-state index in [2.05, 4.69) is 102 Å². The van der Waals surface area contributed by atoms with Gasteiger partial charge in [-0.05, 0) is 67.5 Å². The SMILES string of the molecule is CCCCCCCCCCCCCCCCCCCCCCCCC#CC1=C(c2cccc(CC)c2)[N+](=[N-])C(c2cccc(CC)c2)=C1CCCC.C[CH2][Ni][CH2]C. The maximum absolute atomic E-state index is 11.9. The van der Waals surface area contributed by atoms with Crippen LogP contribution in [0.1, 0.15) is 231 Å². The van der Waals surface area contributed by atoms with E-state index in [1.807, 2.05) is 14.4 Å². The number of rotatable bonds is 31. The zero-order valence-corrected chi connectivity index (χ0v) is 39.0. The zero-order valence-electron chi connectivity index (χ0n) is 38.0. The second-order valence-corrected chi connectivity index (χ2v) is 18.0. The molecule has 3 heteroatoms. The van der Waals surface area contributed by atoms with Crippen molar-refractivity contribution >= 4 is 11.4 Å². The van der Waals surface area contributed by atoms with Gasteiger partial charge in [-0.3, -0.25) is 0 Å². The van der Waals surface area contributed by atoms with Gasteiger partial charge in [0.05, 0.1) is 0 Å². The van der Waals surface area contributed by atoms with Crippen molar-refractivity contribution in [3.8, 4) is 11.8 Å². The molecule has 0 bridgehead atoms. The van der Waals surface area contributed by atoms with Crippen LogP contribution in [-0.2, 0) is 27.3 Å². The van der Waals surface area contributed by atoms with Crippen LogP contribution in [-0.4, -0.2) is 4.70 Å². The van der Waals surface area contributed by atoms with Gasteiger partial charge < -0.3 is 5.53 Å². The van der Waals surface area contributed by atoms with Gasteiger partial charge in [0, 0.05) is 23.1 Å². The number of unbranched alkanes of at least 4 members (excludes halogenated alkanes) is 23. The van der Waals surface area contributed by atoms with E-state index in [0.29, 0.717) is 0 Å². The van der Waals surface area contributed by atoms with Gasteiger partial charge in [0.15, 0.2) is 0 Å². The maximum atomic E-state index is 11.9. The molecule has 0 saturated heterocycles. The summed E-state index contributed by atoms with van der Waals surface area (Å²) in [7, 11) is 0. The third-order valence-corrected chi connectivity index (χ3v) is 12.4. The average Bonchev–Trinajstić information content (AvgIpc) is 3.52. The zero-order chi connectivity index (χ0) is 41.2. The molecule has 0 N–H and O–H groups in total. The number of hydrogen-bond acceptors (Lipinski definition) is 0. The first kappa shape index (κ1) is 50.7. The molecule has 0 spiro atoms. The van der Waals surface area contributed by atoms with E-state index in [1.54, 1.807) is 0 Å². The molecule has 0 aromatic heterocycles.